The first kappa shape index (κ1) is 17.5. The Kier molecular flexibility index (Phi) is 6.88. The molecule has 0 aliphatic carbocycles. The molecule has 0 radical (unpaired) electrons. The Labute approximate surface area is 128 Å². The Morgan fingerprint density at radius 3 is 2.45 bits per heavy atom. The van der Waals surface area contributed by atoms with Crippen LogP contribution in [0, 0.1) is 0 Å². The molecule has 1 aromatic carbocycles. The van der Waals surface area contributed by atoms with Crippen molar-refractivity contribution in [2.45, 2.75) is 26.2 Å². The molecule has 2 amide bonds. The predicted molar refractivity (Wildman–Crippen MR) is 81.1 cm³/mol. The first-order valence-electron chi connectivity index (χ1n) is 6.95. The van der Waals surface area contributed by atoms with Crippen molar-refractivity contribution < 1.29 is 24.2 Å². The lowest BCUT2D eigenvalue weighted by Crippen LogP contribution is -2.25. The third kappa shape index (κ3) is 5.43. The van der Waals surface area contributed by atoms with E-state index in [1.165, 1.54) is 25.3 Å². The molecule has 0 spiro atoms. The summed E-state index contributed by atoms with van der Waals surface area (Å²) in [5.41, 5.74) is 0.431. The Hall–Kier alpha value is -2.57. The lowest BCUT2D eigenvalue weighted by molar-refractivity contribution is -0.124. The van der Waals surface area contributed by atoms with Crippen LogP contribution in [0.3, 0.4) is 0 Å². The van der Waals surface area contributed by atoms with E-state index < -0.39 is 5.97 Å². The molecule has 120 valence electrons. The molecule has 0 fully saturated rings. The highest BCUT2D eigenvalue weighted by molar-refractivity contribution is 5.96. The number of nitrogens with one attached hydrogen (secondary N) is 2. The van der Waals surface area contributed by atoms with Crippen molar-refractivity contribution in [1.29, 1.82) is 0 Å². The van der Waals surface area contributed by atoms with E-state index in [9.17, 15) is 14.4 Å². The topological polar surface area (TPSA) is 105 Å². The van der Waals surface area contributed by atoms with Gasteiger partial charge in [0.2, 0.25) is 11.8 Å². The van der Waals surface area contributed by atoms with E-state index in [1.54, 1.807) is 0 Å². The molecular formula is C15H20N2O5. The minimum absolute atomic E-state index is 0.0411. The van der Waals surface area contributed by atoms with Crippen LogP contribution in [0.25, 0.3) is 0 Å². The number of aromatic carboxylic acids is 1. The lowest BCUT2D eigenvalue weighted by atomic mass is 10.2. The second-order valence-corrected chi connectivity index (χ2v) is 4.62. The van der Waals surface area contributed by atoms with Crippen LogP contribution in [-0.4, -0.2) is 36.5 Å². The molecule has 0 aliphatic rings. The Bertz CT molecular complexity index is 557. The van der Waals surface area contributed by atoms with E-state index in [1.807, 2.05) is 6.92 Å². The predicted octanol–water partition coefficient (Wildman–Crippen LogP) is 1.64. The normalized spacial score (nSPS) is 9.91. The van der Waals surface area contributed by atoms with Crippen LogP contribution in [0.15, 0.2) is 18.2 Å². The number of hydrogen-bond donors (Lipinski definition) is 3. The highest BCUT2D eigenvalue weighted by atomic mass is 16.5. The maximum absolute atomic E-state index is 11.8. The summed E-state index contributed by atoms with van der Waals surface area (Å²) < 4.78 is 5.06. The third-order valence-corrected chi connectivity index (χ3v) is 2.87. The summed E-state index contributed by atoms with van der Waals surface area (Å²) in [7, 11) is 1.38. The average molecular weight is 308 g/mol. The molecule has 0 aliphatic heterocycles. The quantitative estimate of drug-likeness (QED) is 0.677. The maximum atomic E-state index is 11.8. The SMILES string of the molecule is CCCNC(=O)CCC(=O)Nc1ccc(C(=O)O)cc1OC. The molecule has 22 heavy (non-hydrogen) atoms. The number of carboxylic acids is 1. The fourth-order valence-electron chi connectivity index (χ4n) is 1.72. The molecule has 7 nitrogen and oxygen atoms in total. The monoisotopic (exact) mass is 308 g/mol. The Morgan fingerprint density at radius 1 is 1.18 bits per heavy atom. The number of carbonyl (C=O) groups excluding carboxylic acids is 2. The molecule has 0 heterocycles. The molecule has 0 bridgehead atoms. The fraction of sp³-hybridized carbons (Fsp3) is 0.400. The van der Waals surface area contributed by atoms with E-state index in [4.69, 9.17) is 9.84 Å². The molecule has 0 atom stereocenters. The summed E-state index contributed by atoms with van der Waals surface area (Å²) in [6, 6.07) is 4.15. The number of rotatable bonds is 8. The van der Waals surface area contributed by atoms with Gasteiger partial charge in [-0.2, -0.15) is 0 Å². The van der Waals surface area contributed by atoms with Crippen molar-refractivity contribution >= 4 is 23.5 Å². The molecule has 0 saturated carbocycles. The lowest BCUT2D eigenvalue weighted by Gasteiger charge is -2.11. The van der Waals surface area contributed by atoms with Crippen LogP contribution < -0.4 is 15.4 Å². The van der Waals surface area contributed by atoms with E-state index in [0.29, 0.717) is 12.2 Å². The number of ether oxygens (including phenoxy) is 1. The summed E-state index contributed by atoms with van der Waals surface area (Å²) in [6.07, 6.45) is 0.978. The molecular weight excluding hydrogens is 288 g/mol. The minimum atomic E-state index is -1.08. The van der Waals surface area contributed by atoms with Gasteiger partial charge < -0.3 is 20.5 Å². The molecule has 0 saturated heterocycles. The van der Waals surface area contributed by atoms with Crippen molar-refractivity contribution in [2.75, 3.05) is 19.0 Å². The van der Waals surface area contributed by atoms with Crippen LogP contribution in [0.2, 0.25) is 0 Å². The summed E-state index contributed by atoms with van der Waals surface area (Å²) in [5.74, 6) is -1.34. The zero-order valence-electron chi connectivity index (χ0n) is 12.6. The molecule has 1 aromatic rings. The molecule has 0 unspecified atom stereocenters. The summed E-state index contributed by atoms with van der Waals surface area (Å²) in [5, 5.41) is 14.2. The van der Waals surface area contributed by atoms with Gasteiger partial charge in [-0.25, -0.2) is 4.79 Å². The van der Waals surface area contributed by atoms with E-state index >= 15 is 0 Å². The highest BCUT2D eigenvalue weighted by Crippen LogP contribution is 2.25. The zero-order chi connectivity index (χ0) is 16.5. The zero-order valence-corrected chi connectivity index (χ0v) is 12.6. The summed E-state index contributed by atoms with van der Waals surface area (Å²) >= 11 is 0. The van der Waals surface area contributed by atoms with Crippen molar-refractivity contribution in [3.05, 3.63) is 23.8 Å². The van der Waals surface area contributed by atoms with Gasteiger partial charge in [0.15, 0.2) is 0 Å². The van der Waals surface area contributed by atoms with Crippen LogP contribution in [-0.2, 0) is 9.59 Å². The van der Waals surface area contributed by atoms with Gasteiger partial charge in [-0.15, -0.1) is 0 Å². The standard InChI is InChI=1S/C15H20N2O5/c1-3-8-16-13(18)6-7-14(19)17-11-5-4-10(15(20)21)9-12(11)22-2/h4-5,9H,3,6-8H2,1-2H3,(H,16,18)(H,17,19)(H,20,21). The van der Waals surface area contributed by atoms with Gasteiger partial charge in [0, 0.05) is 19.4 Å². The van der Waals surface area contributed by atoms with Gasteiger partial charge in [-0.1, -0.05) is 6.92 Å². The molecule has 1 rings (SSSR count). The van der Waals surface area contributed by atoms with Crippen molar-refractivity contribution in [3.8, 4) is 5.75 Å². The molecule has 0 aromatic heterocycles. The van der Waals surface area contributed by atoms with Gasteiger partial charge in [-0.3, -0.25) is 9.59 Å². The van der Waals surface area contributed by atoms with Crippen molar-refractivity contribution in [1.82, 2.24) is 5.32 Å². The molecule has 3 N–H and O–H groups in total. The summed E-state index contributed by atoms with van der Waals surface area (Å²) in [6.45, 7) is 2.53. The van der Waals surface area contributed by atoms with Crippen LogP contribution in [0.5, 0.6) is 5.75 Å². The third-order valence-electron chi connectivity index (χ3n) is 2.87. The minimum Gasteiger partial charge on any atom is -0.495 e. The smallest absolute Gasteiger partial charge is 0.335 e. The van der Waals surface area contributed by atoms with Gasteiger partial charge in [-0.05, 0) is 24.6 Å². The Balaban J connectivity index is 2.60. The summed E-state index contributed by atoms with van der Waals surface area (Å²) in [4.78, 5) is 34.1. The van der Waals surface area contributed by atoms with E-state index in [0.717, 1.165) is 6.42 Å². The van der Waals surface area contributed by atoms with Gasteiger partial charge in [0.1, 0.15) is 5.75 Å². The van der Waals surface area contributed by atoms with E-state index in [-0.39, 0.29) is 36.0 Å². The fourth-order valence-corrected chi connectivity index (χ4v) is 1.72. The van der Waals surface area contributed by atoms with Crippen LogP contribution in [0.1, 0.15) is 36.5 Å². The van der Waals surface area contributed by atoms with E-state index in [2.05, 4.69) is 10.6 Å². The number of amides is 2. The van der Waals surface area contributed by atoms with Crippen molar-refractivity contribution in [2.24, 2.45) is 0 Å². The number of hydrogen-bond acceptors (Lipinski definition) is 4. The first-order chi connectivity index (χ1) is 10.5. The second kappa shape index (κ2) is 8.66. The number of benzene rings is 1. The average Bonchev–Trinajstić information content (AvgIpc) is 2.51. The Morgan fingerprint density at radius 2 is 1.86 bits per heavy atom. The van der Waals surface area contributed by atoms with Gasteiger partial charge >= 0.3 is 5.97 Å². The number of methoxy groups -OCH3 is 1. The first-order valence-corrected chi connectivity index (χ1v) is 6.95. The number of anilines is 1. The second-order valence-electron chi connectivity index (χ2n) is 4.62. The maximum Gasteiger partial charge on any atom is 0.335 e. The van der Waals surface area contributed by atoms with Gasteiger partial charge in [0.25, 0.3) is 0 Å². The van der Waals surface area contributed by atoms with Crippen molar-refractivity contribution in [3.63, 3.8) is 0 Å². The van der Waals surface area contributed by atoms with Crippen LogP contribution in [0.4, 0.5) is 5.69 Å². The van der Waals surface area contributed by atoms with Gasteiger partial charge in [0.05, 0.1) is 18.4 Å². The molecule has 7 heteroatoms. The largest absolute Gasteiger partial charge is 0.495 e. The number of carbonyl (C=O) groups is 3. The van der Waals surface area contributed by atoms with Crippen LogP contribution >= 0.6 is 0 Å². The number of carboxylic acid groups (broad SMARTS) is 1. The highest BCUT2D eigenvalue weighted by Gasteiger charge is 2.12.